The van der Waals surface area contributed by atoms with Crippen LogP contribution < -0.4 is 0 Å². The molecule has 0 aromatic heterocycles. The molecular formula is C10H10ClF3O. The number of hydrogen-bond donors (Lipinski definition) is 1. The summed E-state index contributed by atoms with van der Waals surface area (Å²) >= 11 is 5.42. The van der Waals surface area contributed by atoms with Crippen molar-refractivity contribution in [2.24, 2.45) is 0 Å². The number of alkyl halides is 4. The van der Waals surface area contributed by atoms with E-state index in [-0.39, 0.29) is 5.88 Å². The molecule has 1 rings (SSSR count). The van der Waals surface area contributed by atoms with Gasteiger partial charge >= 0.3 is 6.18 Å². The lowest BCUT2D eigenvalue weighted by atomic mass is 10.0. The molecule has 1 atom stereocenters. The standard InChI is InChI=1S/C10H10ClF3O/c1-6-4-7(10(12,13)14)2-3-8(6)9(15)5-11/h2-4,9,15H,5H2,1H3. The Kier molecular flexibility index (Phi) is 3.62. The first-order valence-electron chi connectivity index (χ1n) is 4.28. The van der Waals surface area contributed by atoms with Gasteiger partial charge < -0.3 is 5.11 Å². The lowest BCUT2D eigenvalue weighted by Crippen LogP contribution is -2.08. The van der Waals surface area contributed by atoms with Gasteiger partial charge in [0.2, 0.25) is 0 Å². The smallest absolute Gasteiger partial charge is 0.387 e. The predicted octanol–water partition coefficient (Wildman–Crippen LogP) is 3.29. The topological polar surface area (TPSA) is 20.2 Å². The first kappa shape index (κ1) is 12.3. The summed E-state index contributed by atoms with van der Waals surface area (Å²) in [5.74, 6) is -0.0355. The van der Waals surface area contributed by atoms with Gasteiger partial charge in [-0.05, 0) is 30.2 Å². The largest absolute Gasteiger partial charge is 0.416 e. The first-order valence-corrected chi connectivity index (χ1v) is 4.81. The van der Waals surface area contributed by atoms with Gasteiger partial charge in [-0.1, -0.05) is 6.07 Å². The zero-order valence-corrected chi connectivity index (χ0v) is 8.73. The van der Waals surface area contributed by atoms with Crippen molar-refractivity contribution >= 4 is 11.6 Å². The second-order valence-corrected chi connectivity index (χ2v) is 3.55. The highest BCUT2D eigenvalue weighted by molar-refractivity contribution is 6.18. The van der Waals surface area contributed by atoms with E-state index in [0.29, 0.717) is 11.1 Å². The van der Waals surface area contributed by atoms with Crippen LogP contribution in [0.4, 0.5) is 13.2 Å². The second kappa shape index (κ2) is 4.41. The van der Waals surface area contributed by atoms with Crippen molar-refractivity contribution in [2.45, 2.75) is 19.2 Å². The highest BCUT2D eigenvalue weighted by Gasteiger charge is 2.30. The SMILES string of the molecule is Cc1cc(C(F)(F)F)ccc1C(O)CCl. The molecule has 0 aliphatic carbocycles. The molecule has 0 aliphatic rings. The van der Waals surface area contributed by atoms with Gasteiger partial charge in [0.15, 0.2) is 0 Å². The summed E-state index contributed by atoms with van der Waals surface area (Å²) in [6, 6.07) is 3.20. The van der Waals surface area contributed by atoms with Crippen molar-refractivity contribution in [3.8, 4) is 0 Å². The van der Waals surface area contributed by atoms with Crippen LogP contribution in [-0.4, -0.2) is 11.0 Å². The van der Waals surface area contributed by atoms with E-state index in [4.69, 9.17) is 11.6 Å². The summed E-state index contributed by atoms with van der Waals surface area (Å²) in [5.41, 5.74) is 0.0986. The minimum atomic E-state index is -4.35. The van der Waals surface area contributed by atoms with Gasteiger partial charge in [0.05, 0.1) is 17.5 Å². The molecule has 15 heavy (non-hydrogen) atoms. The predicted molar refractivity (Wildman–Crippen MR) is 51.9 cm³/mol. The Hall–Kier alpha value is -0.740. The zero-order chi connectivity index (χ0) is 11.6. The van der Waals surface area contributed by atoms with Gasteiger partial charge in [-0.25, -0.2) is 0 Å². The highest BCUT2D eigenvalue weighted by Crippen LogP contribution is 2.31. The van der Waals surface area contributed by atoms with Crippen molar-refractivity contribution in [1.82, 2.24) is 0 Å². The van der Waals surface area contributed by atoms with Crippen LogP contribution >= 0.6 is 11.6 Å². The molecule has 1 aromatic rings. The molecule has 0 heterocycles. The summed E-state index contributed by atoms with van der Waals surface area (Å²) < 4.78 is 36.9. The molecule has 0 bridgehead atoms. The Balaban J connectivity index is 3.09. The zero-order valence-electron chi connectivity index (χ0n) is 7.98. The Bertz CT molecular complexity index is 349. The summed E-state index contributed by atoms with van der Waals surface area (Å²) in [7, 11) is 0. The molecule has 0 spiro atoms. The normalized spacial score (nSPS) is 14.0. The number of hydrogen-bond acceptors (Lipinski definition) is 1. The number of aryl methyl sites for hydroxylation is 1. The van der Waals surface area contributed by atoms with Crippen LogP contribution in [0.5, 0.6) is 0 Å². The molecule has 0 amide bonds. The average molecular weight is 239 g/mol. The van der Waals surface area contributed by atoms with Crippen LogP contribution in [-0.2, 0) is 6.18 Å². The fraction of sp³-hybridized carbons (Fsp3) is 0.400. The molecule has 0 saturated heterocycles. The molecule has 1 aromatic carbocycles. The van der Waals surface area contributed by atoms with Gasteiger partial charge in [0, 0.05) is 0 Å². The van der Waals surface area contributed by atoms with E-state index in [1.165, 1.54) is 13.0 Å². The molecule has 1 N–H and O–H groups in total. The molecule has 5 heteroatoms. The van der Waals surface area contributed by atoms with E-state index in [1.807, 2.05) is 0 Å². The van der Waals surface area contributed by atoms with Crippen LogP contribution in [0.3, 0.4) is 0 Å². The Morgan fingerprint density at radius 1 is 1.40 bits per heavy atom. The average Bonchev–Trinajstić information content (AvgIpc) is 2.15. The van der Waals surface area contributed by atoms with Gasteiger partial charge in [-0.15, -0.1) is 11.6 Å². The summed E-state index contributed by atoms with van der Waals surface area (Å²) in [4.78, 5) is 0. The van der Waals surface area contributed by atoms with Gasteiger partial charge in [0.1, 0.15) is 0 Å². The van der Waals surface area contributed by atoms with Gasteiger partial charge in [-0.3, -0.25) is 0 Å². The monoisotopic (exact) mass is 238 g/mol. The Morgan fingerprint density at radius 3 is 2.40 bits per heavy atom. The van der Waals surface area contributed by atoms with Crippen molar-refractivity contribution in [3.63, 3.8) is 0 Å². The molecule has 1 unspecified atom stereocenters. The minimum absolute atomic E-state index is 0.0355. The fourth-order valence-electron chi connectivity index (χ4n) is 1.31. The van der Waals surface area contributed by atoms with E-state index in [2.05, 4.69) is 0 Å². The number of aliphatic hydroxyl groups excluding tert-OH is 1. The van der Waals surface area contributed by atoms with Gasteiger partial charge in [0.25, 0.3) is 0 Å². The third-order valence-corrected chi connectivity index (χ3v) is 2.39. The van der Waals surface area contributed by atoms with Crippen LogP contribution in [0.1, 0.15) is 22.8 Å². The Labute approximate surface area is 90.5 Å². The third kappa shape index (κ3) is 2.86. The summed E-state index contributed by atoms with van der Waals surface area (Å²) in [6.45, 7) is 1.51. The minimum Gasteiger partial charge on any atom is -0.387 e. The number of halogens is 4. The van der Waals surface area contributed by atoms with Crippen molar-refractivity contribution in [2.75, 3.05) is 5.88 Å². The van der Waals surface area contributed by atoms with Crippen molar-refractivity contribution < 1.29 is 18.3 Å². The maximum atomic E-state index is 12.3. The quantitative estimate of drug-likeness (QED) is 0.784. The van der Waals surface area contributed by atoms with E-state index >= 15 is 0 Å². The molecule has 1 nitrogen and oxygen atoms in total. The summed E-state index contributed by atoms with van der Waals surface area (Å²) in [6.07, 6.45) is -5.27. The molecule has 84 valence electrons. The molecule has 0 saturated carbocycles. The molecular weight excluding hydrogens is 229 g/mol. The third-order valence-electron chi connectivity index (χ3n) is 2.10. The fourth-order valence-corrected chi connectivity index (χ4v) is 1.48. The van der Waals surface area contributed by atoms with E-state index in [1.54, 1.807) is 0 Å². The maximum Gasteiger partial charge on any atom is 0.416 e. The van der Waals surface area contributed by atoms with E-state index < -0.39 is 17.8 Å². The molecule has 0 radical (unpaired) electrons. The van der Waals surface area contributed by atoms with E-state index in [0.717, 1.165) is 12.1 Å². The van der Waals surface area contributed by atoms with Crippen LogP contribution in [0.25, 0.3) is 0 Å². The lowest BCUT2D eigenvalue weighted by Gasteiger charge is -2.13. The lowest BCUT2D eigenvalue weighted by molar-refractivity contribution is -0.137. The molecule has 0 fully saturated rings. The van der Waals surface area contributed by atoms with Crippen LogP contribution in [0.15, 0.2) is 18.2 Å². The van der Waals surface area contributed by atoms with Crippen LogP contribution in [0, 0.1) is 6.92 Å². The Morgan fingerprint density at radius 2 is 2.00 bits per heavy atom. The van der Waals surface area contributed by atoms with Crippen molar-refractivity contribution in [1.29, 1.82) is 0 Å². The number of aliphatic hydroxyl groups is 1. The number of benzene rings is 1. The second-order valence-electron chi connectivity index (χ2n) is 3.24. The van der Waals surface area contributed by atoms with E-state index in [9.17, 15) is 18.3 Å². The van der Waals surface area contributed by atoms with Crippen molar-refractivity contribution in [3.05, 3.63) is 34.9 Å². The van der Waals surface area contributed by atoms with Crippen LogP contribution in [0.2, 0.25) is 0 Å². The maximum absolute atomic E-state index is 12.3. The summed E-state index contributed by atoms with van der Waals surface area (Å²) in [5, 5.41) is 9.39. The molecule has 0 aliphatic heterocycles. The first-order chi connectivity index (χ1) is 6.86. The van der Waals surface area contributed by atoms with Gasteiger partial charge in [-0.2, -0.15) is 13.2 Å². The highest BCUT2D eigenvalue weighted by atomic mass is 35.5. The number of rotatable bonds is 2.